The van der Waals surface area contributed by atoms with Gasteiger partial charge in [-0.15, -0.1) is 0 Å². The second-order valence-electron chi connectivity index (χ2n) is 3.24. The van der Waals surface area contributed by atoms with Crippen LogP contribution >= 0.6 is 0 Å². The van der Waals surface area contributed by atoms with Crippen LogP contribution in [0, 0.1) is 0 Å². The summed E-state index contributed by atoms with van der Waals surface area (Å²) >= 11 is 0. The smallest absolute Gasteiger partial charge is 0.141 e. The standard InChI is InChI=1S/C10H15N3O/c1-8-6-9(2)13(10(3)12-8)7-11-4-5-14/h5-7,10H,4H2,1-3H3. The molecule has 0 N–H and O–H groups in total. The molecule has 1 aliphatic rings. The predicted octanol–water partition coefficient (Wildman–Crippen LogP) is 1.24. The average Bonchev–Trinajstić information content (AvgIpc) is 2.09. The lowest BCUT2D eigenvalue weighted by atomic mass is 10.2. The summed E-state index contributed by atoms with van der Waals surface area (Å²) < 4.78 is 0. The molecule has 0 bridgehead atoms. The van der Waals surface area contributed by atoms with Crippen LogP contribution in [0.3, 0.4) is 0 Å². The fraction of sp³-hybridized carbons (Fsp3) is 0.500. The van der Waals surface area contributed by atoms with Crippen LogP contribution in [-0.4, -0.2) is 35.9 Å². The van der Waals surface area contributed by atoms with E-state index in [1.54, 1.807) is 6.34 Å². The van der Waals surface area contributed by atoms with Crippen LogP contribution in [0.2, 0.25) is 0 Å². The molecule has 0 radical (unpaired) electrons. The van der Waals surface area contributed by atoms with Crippen LogP contribution in [0.25, 0.3) is 0 Å². The molecule has 1 aliphatic heterocycles. The second kappa shape index (κ2) is 4.69. The zero-order valence-electron chi connectivity index (χ0n) is 8.77. The summed E-state index contributed by atoms with van der Waals surface area (Å²) in [7, 11) is 0. The van der Waals surface area contributed by atoms with Crippen LogP contribution in [0.1, 0.15) is 20.8 Å². The van der Waals surface area contributed by atoms with E-state index in [4.69, 9.17) is 0 Å². The molecule has 0 aliphatic carbocycles. The average molecular weight is 193 g/mol. The van der Waals surface area contributed by atoms with E-state index >= 15 is 0 Å². The Kier molecular flexibility index (Phi) is 3.56. The lowest BCUT2D eigenvalue weighted by Gasteiger charge is -2.28. The third kappa shape index (κ3) is 2.52. The molecule has 1 unspecified atom stereocenters. The van der Waals surface area contributed by atoms with Crippen molar-refractivity contribution < 1.29 is 4.79 Å². The van der Waals surface area contributed by atoms with Gasteiger partial charge in [0.05, 0.1) is 12.9 Å². The molecule has 0 aromatic heterocycles. The Morgan fingerprint density at radius 2 is 2.36 bits per heavy atom. The highest BCUT2D eigenvalue weighted by atomic mass is 16.1. The highest BCUT2D eigenvalue weighted by Crippen LogP contribution is 2.13. The third-order valence-corrected chi connectivity index (χ3v) is 2.00. The SMILES string of the molecule is CC1=CC(C)=NC(C)N1C=NCC=O. The minimum Gasteiger partial charge on any atom is -0.314 e. The van der Waals surface area contributed by atoms with E-state index in [1.807, 2.05) is 31.7 Å². The second-order valence-corrected chi connectivity index (χ2v) is 3.24. The van der Waals surface area contributed by atoms with E-state index in [9.17, 15) is 4.79 Å². The van der Waals surface area contributed by atoms with Crippen molar-refractivity contribution in [3.63, 3.8) is 0 Å². The van der Waals surface area contributed by atoms with Crippen molar-refractivity contribution >= 4 is 18.3 Å². The molecule has 1 atom stereocenters. The molecule has 0 spiro atoms. The number of carbonyl (C=O) groups is 1. The number of rotatable bonds is 3. The van der Waals surface area contributed by atoms with Gasteiger partial charge >= 0.3 is 0 Å². The molecule has 0 amide bonds. The topological polar surface area (TPSA) is 45.0 Å². The fourth-order valence-electron chi connectivity index (χ4n) is 1.43. The van der Waals surface area contributed by atoms with Gasteiger partial charge in [-0.2, -0.15) is 0 Å². The summed E-state index contributed by atoms with van der Waals surface area (Å²) in [5.41, 5.74) is 2.12. The molecule has 0 aromatic carbocycles. The van der Waals surface area contributed by atoms with Gasteiger partial charge in [0.2, 0.25) is 0 Å². The summed E-state index contributed by atoms with van der Waals surface area (Å²) in [6.45, 7) is 6.17. The van der Waals surface area contributed by atoms with Crippen molar-refractivity contribution in [1.82, 2.24) is 4.90 Å². The van der Waals surface area contributed by atoms with Crippen LogP contribution in [0.5, 0.6) is 0 Å². The molecule has 1 rings (SSSR count). The van der Waals surface area contributed by atoms with Crippen molar-refractivity contribution in [3.8, 4) is 0 Å². The van der Waals surface area contributed by atoms with E-state index in [-0.39, 0.29) is 12.7 Å². The van der Waals surface area contributed by atoms with Gasteiger partial charge in [-0.05, 0) is 26.8 Å². The highest BCUT2D eigenvalue weighted by molar-refractivity contribution is 5.94. The van der Waals surface area contributed by atoms with Crippen molar-refractivity contribution in [1.29, 1.82) is 0 Å². The van der Waals surface area contributed by atoms with Crippen LogP contribution < -0.4 is 0 Å². The van der Waals surface area contributed by atoms with Crippen molar-refractivity contribution in [2.24, 2.45) is 9.98 Å². The Bertz CT molecular complexity index is 304. The first-order valence-corrected chi connectivity index (χ1v) is 4.59. The minimum absolute atomic E-state index is 0.0652. The molecule has 1 heterocycles. The van der Waals surface area contributed by atoms with Gasteiger partial charge in [0.15, 0.2) is 0 Å². The summed E-state index contributed by atoms with van der Waals surface area (Å²) in [5.74, 6) is 0. The summed E-state index contributed by atoms with van der Waals surface area (Å²) in [6, 6.07) is 0. The molecular formula is C10H15N3O. The molecule has 0 saturated heterocycles. The quantitative estimate of drug-likeness (QED) is 0.384. The molecule has 76 valence electrons. The number of hydrogen-bond acceptors (Lipinski definition) is 3. The predicted molar refractivity (Wildman–Crippen MR) is 57.6 cm³/mol. The van der Waals surface area contributed by atoms with Gasteiger partial charge in [0.25, 0.3) is 0 Å². The normalized spacial score (nSPS) is 22.2. The first-order valence-electron chi connectivity index (χ1n) is 4.59. The number of aldehydes is 1. The molecule has 14 heavy (non-hydrogen) atoms. The van der Waals surface area contributed by atoms with Crippen LogP contribution in [-0.2, 0) is 4.79 Å². The lowest BCUT2D eigenvalue weighted by Crippen LogP contribution is -2.32. The molecular weight excluding hydrogens is 178 g/mol. The molecule has 4 heteroatoms. The maximum atomic E-state index is 10.1. The monoisotopic (exact) mass is 193 g/mol. The first kappa shape index (κ1) is 10.6. The molecule has 4 nitrogen and oxygen atoms in total. The first-order chi connectivity index (χ1) is 6.65. The Morgan fingerprint density at radius 3 is 2.93 bits per heavy atom. The highest BCUT2D eigenvalue weighted by Gasteiger charge is 2.14. The number of aliphatic imine (C=N–C) groups is 2. The Morgan fingerprint density at radius 1 is 1.64 bits per heavy atom. The summed E-state index contributed by atoms with van der Waals surface area (Å²) in [6.07, 6.45) is 4.50. The number of allylic oxidation sites excluding steroid dienone is 2. The van der Waals surface area contributed by atoms with Gasteiger partial charge in [-0.3, -0.25) is 9.98 Å². The zero-order chi connectivity index (χ0) is 10.6. The molecule has 0 saturated carbocycles. The van der Waals surface area contributed by atoms with E-state index in [0.717, 1.165) is 17.7 Å². The third-order valence-electron chi connectivity index (χ3n) is 2.00. The van der Waals surface area contributed by atoms with Gasteiger partial charge in [0.1, 0.15) is 12.5 Å². The maximum absolute atomic E-state index is 10.1. The van der Waals surface area contributed by atoms with Crippen molar-refractivity contribution in [3.05, 3.63) is 11.8 Å². The van der Waals surface area contributed by atoms with Crippen LogP contribution in [0.4, 0.5) is 0 Å². The minimum atomic E-state index is 0.0652. The zero-order valence-corrected chi connectivity index (χ0v) is 8.77. The number of nitrogens with zero attached hydrogens (tertiary/aromatic N) is 3. The van der Waals surface area contributed by atoms with Crippen LogP contribution in [0.15, 0.2) is 21.8 Å². The fourth-order valence-corrected chi connectivity index (χ4v) is 1.43. The number of carbonyl (C=O) groups excluding carboxylic acids is 1. The van der Waals surface area contributed by atoms with Crippen molar-refractivity contribution in [2.75, 3.05) is 6.54 Å². The summed E-state index contributed by atoms with van der Waals surface area (Å²) in [4.78, 5) is 20.4. The Hall–Kier alpha value is -1.45. The van der Waals surface area contributed by atoms with Gasteiger partial charge in [0, 0.05) is 11.4 Å². The Labute approximate surface area is 84.0 Å². The number of hydrogen-bond donors (Lipinski definition) is 0. The largest absolute Gasteiger partial charge is 0.314 e. The lowest BCUT2D eigenvalue weighted by molar-refractivity contribution is -0.106. The summed E-state index contributed by atoms with van der Waals surface area (Å²) in [5, 5.41) is 0. The Balaban J connectivity index is 2.71. The van der Waals surface area contributed by atoms with Gasteiger partial charge in [-0.25, -0.2) is 0 Å². The van der Waals surface area contributed by atoms with E-state index in [1.165, 1.54) is 0 Å². The molecule has 0 fully saturated rings. The van der Waals surface area contributed by atoms with Gasteiger partial charge < -0.3 is 9.69 Å². The van der Waals surface area contributed by atoms with Gasteiger partial charge in [-0.1, -0.05) is 0 Å². The molecule has 0 aromatic rings. The van der Waals surface area contributed by atoms with Crippen molar-refractivity contribution in [2.45, 2.75) is 26.9 Å². The van der Waals surface area contributed by atoms with E-state index < -0.39 is 0 Å². The maximum Gasteiger partial charge on any atom is 0.141 e. The van der Waals surface area contributed by atoms with E-state index in [2.05, 4.69) is 9.98 Å². The van der Waals surface area contributed by atoms with E-state index in [0.29, 0.717) is 0 Å².